The van der Waals surface area contributed by atoms with Crippen molar-refractivity contribution in [2.75, 3.05) is 13.2 Å². The van der Waals surface area contributed by atoms with Crippen LogP contribution in [0.15, 0.2) is 24.3 Å². The number of esters is 1. The number of amides is 1. The first-order valence-electron chi connectivity index (χ1n) is 8.58. The summed E-state index contributed by atoms with van der Waals surface area (Å²) in [5.41, 5.74) is 0. The van der Waals surface area contributed by atoms with Gasteiger partial charge in [-0.3, -0.25) is 9.69 Å². The van der Waals surface area contributed by atoms with Crippen molar-refractivity contribution in [1.29, 1.82) is 0 Å². The van der Waals surface area contributed by atoms with E-state index >= 15 is 0 Å². The van der Waals surface area contributed by atoms with E-state index in [-0.39, 0.29) is 31.9 Å². The molecule has 1 fully saturated rings. The zero-order valence-electron chi connectivity index (χ0n) is 15.1. The van der Waals surface area contributed by atoms with Gasteiger partial charge in [-0.25, -0.2) is 14.0 Å². The lowest BCUT2D eigenvalue weighted by Crippen LogP contribution is -2.42. The van der Waals surface area contributed by atoms with E-state index in [2.05, 4.69) is 0 Å². The van der Waals surface area contributed by atoms with Gasteiger partial charge >= 0.3 is 18.0 Å². The molecule has 0 spiro atoms. The Kier molecular flexibility index (Phi) is 6.98. The van der Waals surface area contributed by atoms with Crippen molar-refractivity contribution < 1.29 is 38.1 Å². The number of aliphatic carboxylic acids is 1. The molecule has 1 aliphatic heterocycles. The Labute approximate surface area is 155 Å². The summed E-state index contributed by atoms with van der Waals surface area (Å²) in [7, 11) is 0. The van der Waals surface area contributed by atoms with Gasteiger partial charge in [-0.1, -0.05) is 13.0 Å². The molecule has 9 heteroatoms. The molecule has 0 unspecified atom stereocenters. The Morgan fingerprint density at radius 1 is 1.33 bits per heavy atom. The van der Waals surface area contributed by atoms with Crippen LogP contribution >= 0.6 is 0 Å². The average molecular weight is 383 g/mol. The van der Waals surface area contributed by atoms with E-state index in [1.807, 2.05) is 0 Å². The van der Waals surface area contributed by atoms with E-state index in [9.17, 15) is 23.9 Å². The fraction of sp³-hybridized carbons (Fsp3) is 0.500. The normalized spacial score (nSPS) is 20.0. The summed E-state index contributed by atoms with van der Waals surface area (Å²) in [6.07, 6.45) is -1.71. The minimum atomic E-state index is -1.17. The molecule has 1 aromatic carbocycles. The summed E-state index contributed by atoms with van der Waals surface area (Å²) in [6.45, 7) is 3.19. The molecule has 1 aromatic rings. The van der Waals surface area contributed by atoms with E-state index in [0.29, 0.717) is 5.75 Å². The Hall–Kier alpha value is -2.84. The molecule has 1 aliphatic rings. The molecule has 0 bridgehead atoms. The van der Waals surface area contributed by atoms with Crippen LogP contribution in [0.2, 0.25) is 0 Å². The van der Waals surface area contributed by atoms with E-state index < -0.39 is 36.2 Å². The molecule has 0 radical (unpaired) electrons. The van der Waals surface area contributed by atoms with Gasteiger partial charge in [0.15, 0.2) is 0 Å². The smallest absolute Gasteiger partial charge is 0.413 e. The quantitative estimate of drug-likeness (QED) is 0.570. The highest BCUT2D eigenvalue weighted by Crippen LogP contribution is 2.26. The topological polar surface area (TPSA) is 102 Å². The van der Waals surface area contributed by atoms with Crippen molar-refractivity contribution in [1.82, 2.24) is 4.90 Å². The lowest BCUT2D eigenvalue weighted by atomic mass is 10.1. The SMILES string of the molecule is CCC(=O)O[C@H](C)OC(=O)N1C[C@@H](COc2cccc(F)c2)C[C@H]1C(=O)O. The first kappa shape index (κ1) is 20.5. The Balaban J connectivity index is 1.94. The van der Waals surface area contributed by atoms with Crippen molar-refractivity contribution in [2.45, 2.75) is 39.0 Å². The minimum Gasteiger partial charge on any atom is -0.493 e. The van der Waals surface area contributed by atoms with Gasteiger partial charge in [-0.15, -0.1) is 0 Å². The fourth-order valence-electron chi connectivity index (χ4n) is 2.75. The monoisotopic (exact) mass is 383 g/mol. The van der Waals surface area contributed by atoms with Gasteiger partial charge in [0.1, 0.15) is 17.6 Å². The van der Waals surface area contributed by atoms with Gasteiger partial charge in [-0.05, 0) is 18.6 Å². The predicted molar refractivity (Wildman–Crippen MR) is 90.5 cm³/mol. The van der Waals surface area contributed by atoms with E-state index in [1.165, 1.54) is 25.1 Å². The molecule has 1 heterocycles. The zero-order chi connectivity index (χ0) is 20.0. The average Bonchev–Trinajstić information content (AvgIpc) is 3.04. The number of likely N-dealkylation sites (tertiary alicyclic amines) is 1. The summed E-state index contributed by atoms with van der Waals surface area (Å²) < 4.78 is 28.5. The molecule has 1 saturated heterocycles. The van der Waals surface area contributed by atoms with Crippen molar-refractivity contribution in [3.8, 4) is 5.75 Å². The maximum Gasteiger partial charge on any atom is 0.413 e. The number of hydrogen-bond acceptors (Lipinski definition) is 6. The van der Waals surface area contributed by atoms with Gasteiger partial charge < -0.3 is 19.3 Å². The number of carboxylic acids is 1. The van der Waals surface area contributed by atoms with Crippen molar-refractivity contribution in [2.24, 2.45) is 5.92 Å². The molecule has 2 rings (SSSR count). The van der Waals surface area contributed by atoms with Crippen LogP contribution in [0.1, 0.15) is 26.7 Å². The van der Waals surface area contributed by atoms with E-state index in [1.54, 1.807) is 13.0 Å². The highest BCUT2D eigenvalue weighted by Gasteiger charge is 2.41. The van der Waals surface area contributed by atoms with Gasteiger partial charge in [0, 0.05) is 31.9 Å². The number of hydrogen-bond donors (Lipinski definition) is 1. The van der Waals surface area contributed by atoms with Crippen LogP contribution in [0.3, 0.4) is 0 Å². The Morgan fingerprint density at radius 2 is 2.07 bits per heavy atom. The van der Waals surface area contributed by atoms with Crippen LogP contribution in [0.5, 0.6) is 5.75 Å². The summed E-state index contributed by atoms with van der Waals surface area (Å²) in [5, 5.41) is 9.36. The van der Waals surface area contributed by atoms with Crippen LogP contribution in [-0.4, -0.2) is 53.5 Å². The Morgan fingerprint density at radius 3 is 2.70 bits per heavy atom. The molecular formula is C18H22FNO7. The molecule has 1 N–H and O–H groups in total. The number of benzene rings is 1. The molecule has 27 heavy (non-hydrogen) atoms. The predicted octanol–water partition coefficient (Wildman–Crippen LogP) is 2.42. The van der Waals surface area contributed by atoms with Crippen LogP contribution in [0.4, 0.5) is 9.18 Å². The van der Waals surface area contributed by atoms with Gasteiger partial charge in [0.2, 0.25) is 6.29 Å². The third kappa shape index (κ3) is 5.83. The number of nitrogens with zero attached hydrogens (tertiary/aromatic N) is 1. The van der Waals surface area contributed by atoms with E-state index in [4.69, 9.17) is 14.2 Å². The van der Waals surface area contributed by atoms with Gasteiger partial charge in [0.05, 0.1) is 6.61 Å². The maximum atomic E-state index is 13.2. The molecule has 148 valence electrons. The summed E-state index contributed by atoms with van der Waals surface area (Å²) in [6, 6.07) is 4.52. The third-order valence-corrected chi connectivity index (χ3v) is 4.04. The molecular weight excluding hydrogens is 361 g/mol. The van der Waals surface area contributed by atoms with Gasteiger partial charge in [0.25, 0.3) is 0 Å². The number of carbonyl (C=O) groups excluding carboxylic acids is 2. The second-order valence-electron chi connectivity index (χ2n) is 6.17. The summed E-state index contributed by atoms with van der Waals surface area (Å²) >= 11 is 0. The molecule has 0 aliphatic carbocycles. The first-order chi connectivity index (χ1) is 12.8. The highest BCUT2D eigenvalue weighted by atomic mass is 19.1. The van der Waals surface area contributed by atoms with Crippen LogP contribution in [0, 0.1) is 11.7 Å². The van der Waals surface area contributed by atoms with Crippen molar-refractivity contribution in [3.63, 3.8) is 0 Å². The number of ether oxygens (including phenoxy) is 3. The maximum absolute atomic E-state index is 13.2. The van der Waals surface area contributed by atoms with Crippen molar-refractivity contribution in [3.05, 3.63) is 30.1 Å². The second kappa shape index (κ2) is 9.20. The Bertz CT molecular complexity index is 696. The molecule has 8 nitrogen and oxygen atoms in total. The minimum absolute atomic E-state index is 0.0968. The largest absolute Gasteiger partial charge is 0.493 e. The molecule has 3 atom stereocenters. The lowest BCUT2D eigenvalue weighted by molar-refractivity contribution is -0.166. The lowest BCUT2D eigenvalue weighted by Gasteiger charge is -2.23. The number of halogens is 1. The van der Waals surface area contributed by atoms with Crippen LogP contribution in [-0.2, 0) is 19.1 Å². The van der Waals surface area contributed by atoms with Gasteiger partial charge in [-0.2, -0.15) is 0 Å². The second-order valence-corrected chi connectivity index (χ2v) is 6.17. The number of carboxylic acid groups (broad SMARTS) is 1. The van der Waals surface area contributed by atoms with Crippen molar-refractivity contribution >= 4 is 18.0 Å². The standard InChI is InChI=1S/C18H22FNO7/c1-3-16(21)26-11(2)27-18(24)20-9-12(7-15(20)17(22)23)10-25-14-6-4-5-13(19)8-14/h4-6,8,11-12,15H,3,7,9-10H2,1-2H3,(H,22,23)/t11-,12-,15-/m0/s1. The van der Waals surface area contributed by atoms with Crippen LogP contribution < -0.4 is 4.74 Å². The molecule has 0 aromatic heterocycles. The fourth-order valence-corrected chi connectivity index (χ4v) is 2.75. The third-order valence-electron chi connectivity index (χ3n) is 4.04. The zero-order valence-corrected chi connectivity index (χ0v) is 15.1. The number of carbonyl (C=O) groups is 3. The van der Waals surface area contributed by atoms with E-state index in [0.717, 1.165) is 4.90 Å². The first-order valence-corrected chi connectivity index (χ1v) is 8.58. The summed E-state index contributed by atoms with van der Waals surface area (Å²) in [5.74, 6) is -2.09. The van der Waals surface area contributed by atoms with Crippen LogP contribution in [0.25, 0.3) is 0 Å². The molecule has 0 saturated carbocycles. The highest BCUT2D eigenvalue weighted by molar-refractivity contribution is 5.81. The summed E-state index contributed by atoms with van der Waals surface area (Å²) in [4.78, 5) is 36.0. The number of rotatable bonds is 7. The molecule has 1 amide bonds.